The molecule has 0 spiro atoms. The molecule has 13 heavy (non-hydrogen) atoms. The molecule has 1 heterocycles. The van der Waals surface area contributed by atoms with Crippen LogP contribution in [0.1, 0.15) is 25.3 Å². The van der Waals surface area contributed by atoms with Gasteiger partial charge >= 0.3 is 0 Å². The molecule has 1 rings (SSSR count). The van der Waals surface area contributed by atoms with Crippen molar-refractivity contribution in [3.05, 3.63) is 17.5 Å². The van der Waals surface area contributed by atoms with E-state index in [0.717, 1.165) is 17.9 Å². The van der Waals surface area contributed by atoms with Crippen LogP contribution in [0.15, 0.2) is 10.6 Å². The van der Waals surface area contributed by atoms with E-state index in [1.165, 1.54) is 0 Å². The molecule has 0 radical (unpaired) electrons. The molecule has 0 saturated carbocycles. The first-order valence-corrected chi connectivity index (χ1v) is 5.25. The first-order chi connectivity index (χ1) is 6.07. The highest BCUT2D eigenvalue weighted by Crippen LogP contribution is 2.16. The smallest absolute Gasteiger partial charge is 0.147 e. The molecule has 0 unspecified atom stereocenters. The molecule has 0 atom stereocenters. The predicted octanol–water partition coefficient (Wildman–Crippen LogP) is 2.54. The van der Waals surface area contributed by atoms with Crippen LogP contribution in [0.2, 0.25) is 0 Å². The zero-order valence-electron chi connectivity index (χ0n) is 8.13. The number of rotatable bonds is 4. The molecule has 0 bridgehead atoms. The van der Waals surface area contributed by atoms with E-state index in [4.69, 9.17) is 9.26 Å². The largest absolute Gasteiger partial charge is 0.378 e. The SMILES string of the molecule is COC(C)(C)Cc1cc(CBr)on1. The number of aromatic nitrogens is 1. The van der Waals surface area contributed by atoms with E-state index in [-0.39, 0.29) is 5.60 Å². The predicted molar refractivity (Wildman–Crippen MR) is 53.9 cm³/mol. The van der Waals surface area contributed by atoms with Crippen molar-refractivity contribution in [2.45, 2.75) is 31.2 Å². The molecular weight excluding hydrogens is 234 g/mol. The van der Waals surface area contributed by atoms with Crippen LogP contribution in [0, 0.1) is 0 Å². The van der Waals surface area contributed by atoms with Gasteiger partial charge in [-0.25, -0.2) is 0 Å². The Balaban J connectivity index is 2.63. The van der Waals surface area contributed by atoms with Crippen molar-refractivity contribution in [2.75, 3.05) is 7.11 Å². The Kier molecular flexibility index (Phi) is 3.50. The topological polar surface area (TPSA) is 35.3 Å². The fourth-order valence-corrected chi connectivity index (χ4v) is 1.27. The normalized spacial score (nSPS) is 12.0. The van der Waals surface area contributed by atoms with Gasteiger partial charge in [0.05, 0.1) is 16.6 Å². The Morgan fingerprint density at radius 3 is 2.77 bits per heavy atom. The van der Waals surface area contributed by atoms with Crippen LogP contribution < -0.4 is 0 Å². The van der Waals surface area contributed by atoms with Crippen molar-refractivity contribution >= 4 is 15.9 Å². The van der Waals surface area contributed by atoms with Gasteiger partial charge in [0, 0.05) is 19.6 Å². The van der Waals surface area contributed by atoms with E-state index in [2.05, 4.69) is 21.1 Å². The molecule has 0 aliphatic heterocycles. The summed E-state index contributed by atoms with van der Waals surface area (Å²) in [5.41, 5.74) is 0.752. The Morgan fingerprint density at radius 2 is 2.31 bits per heavy atom. The van der Waals surface area contributed by atoms with E-state index < -0.39 is 0 Å². The van der Waals surface area contributed by atoms with Crippen molar-refractivity contribution in [3.63, 3.8) is 0 Å². The average molecular weight is 248 g/mol. The lowest BCUT2D eigenvalue weighted by atomic mass is 10.0. The second-order valence-electron chi connectivity index (χ2n) is 3.56. The third kappa shape index (κ3) is 3.12. The van der Waals surface area contributed by atoms with Crippen molar-refractivity contribution in [3.8, 4) is 0 Å². The summed E-state index contributed by atoms with van der Waals surface area (Å²) in [5.74, 6) is 0.849. The maximum Gasteiger partial charge on any atom is 0.147 e. The zero-order valence-corrected chi connectivity index (χ0v) is 9.72. The lowest BCUT2D eigenvalue weighted by molar-refractivity contribution is 0.0218. The standard InChI is InChI=1S/C9H14BrNO2/c1-9(2,12-3)5-7-4-8(6-10)13-11-7/h4H,5-6H2,1-3H3. The van der Waals surface area contributed by atoms with E-state index in [9.17, 15) is 0 Å². The number of alkyl halides is 1. The average Bonchev–Trinajstić information content (AvgIpc) is 2.52. The molecule has 4 heteroatoms. The molecule has 0 amide bonds. The number of ether oxygens (including phenoxy) is 1. The highest BCUT2D eigenvalue weighted by molar-refractivity contribution is 9.08. The van der Waals surface area contributed by atoms with Crippen LogP contribution in [0.25, 0.3) is 0 Å². The molecule has 0 aliphatic rings. The minimum Gasteiger partial charge on any atom is -0.378 e. The summed E-state index contributed by atoms with van der Waals surface area (Å²) in [6.07, 6.45) is 0.764. The third-order valence-corrected chi connectivity index (χ3v) is 2.45. The van der Waals surface area contributed by atoms with E-state index in [0.29, 0.717) is 5.33 Å². The highest BCUT2D eigenvalue weighted by Gasteiger charge is 2.19. The number of hydrogen-bond donors (Lipinski definition) is 0. The summed E-state index contributed by atoms with van der Waals surface area (Å²) in [6.45, 7) is 4.05. The quantitative estimate of drug-likeness (QED) is 0.768. The number of nitrogens with zero attached hydrogens (tertiary/aromatic N) is 1. The molecule has 0 fully saturated rings. The summed E-state index contributed by atoms with van der Waals surface area (Å²) in [5, 5.41) is 4.64. The molecular formula is C9H14BrNO2. The van der Waals surface area contributed by atoms with Gasteiger partial charge < -0.3 is 9.26 Å². The van der Waals surface area contributed by atoms with E-state index >= 15 is 0 Å². The van der Waals surface area contributed by atoms with Gasteiger partial charge in [-0.3, -0.25) is 0 Å². The Morgan fingerprint density at radius 1 is 1.62 bits per heavy atom. The zero-order chi connectivity index (χ0) is 9.90. The summed E-state index contributed by atoms with van der Waals surface area (Å²) in [6, 6.07) is 1.94. The second kappa shape index (κ2) is 4.24. The number of halogens is 1. The summed E-state index contributed by atoms with van der Waals surface area (Å²) in [4.78, 5) is 0. The summed E-state index contributed by atoms with van der Waals surface area (Å²) >= 11 is 3.30. The Bertz CT molecular complexity index is 270. The van der Waals surface area contributed by atoms with E-state index in [1.807, 2.05) is 19.9 Å². The summed E-state index contributed by atoms with van der Waals surface area (Å²) in [7, 11) is 1.70. The van der Waals surface area contributed by atoms with Gasteiger partial charge in [-0.2, -0.15) is 0 Å². The van der Waals surface area contributed by atoms with Gasteiger partial charge in [-0.15, -0.1) is 0 Å². The molecule has 1 aromatic heterocycles. The molecule has 1 aromatic rings. The minimum absolute atomic E-state index is 0.180. The van der Waals surface area contributed by atoms with Crippen LogP contribution in [0.4, 0.5) is 0 Å². The van der Waals surface area contributed by atoms with Crippen molar-refractivity contribution < 1.29 is 9.26 Å². The first kappa shape index (κ1) is 10.7. The summed E-state index contributed by atoms with van der Waals surface area (Å²) < 4.78 is 10.3. The van der Waals surface area contributed by atoms with E-state index in [1.54, 1.807) is 7.11 Å². The molecule has 0 N–H and O–H groups in total. The van der Waals surface area contributed by atoms with Crippen LogP contribution >= 0.6 is 15.9 Å². The van der Waals surface area contributed by atoms with Gasteiger partial charge in [0.2, 0.25) is 0 Å². The highest BCUT2D eigenvalue weighted by atomic mass is 79.9. The van der Waals surface area contributed by atoms with Crippen LogP contribution in [0.5, 0.6) is 0 Å². The molecule has 0 aliphatic carbocycles. The van der Waals surface area contributed by atoms with Crippen LogP contribution in [0.3, 0.4) is 0 Å². The minimum atomic E-state index is -0.180. The Labute approximate surface area is 86.6 Å². The van der Waals surface area contributed by atoms with Crippen molar-refractivity contribution in [1.82, 2.24) is 5.16 Å². The second-order valence-corrected chi connectivity index (χ2v) is 4.12. The molecule has 74 valence electrons. The fraction of sp³-hybridized carbons (Fsp3) is 0.667. The lowest BCUT2D eigenvalue weighted by Gasteiger charge is -2.20. The molecule has 0 saturated heterocycles. The third-order valence-electron chi connectivity index (χ3n) is 1.90. The van der Waals surface area contributed by atoms with Gasteiger partial charge in [0.15, 0.2) is 0 Å². The van der Waals surface area contributed by atoms with Gasteiger partial charge in [-0.1, -0.05) is 21.1 Å². The maximum atomic E-state index is 5.29. The molecule has 0 aromatic carbocycles. The van der Waals surface area contributed by atoms with Gasteiger partial charge in [-0.05, 0) is 13.8 Å². The van der Waals surface area contributed by atoms with Gasteiger partial charge in [0.25, 0.3) is 0 Å². The monoisotopic (exact) mass is 247 g/mol. The fourth-order valence-electron chi connectivity index (χ4n) is 1.01. The van der Waals surface area contributed by atoms with Crippen LogP contribution in [-0.4, -0.2) is 17.9 Å². The van der Waals surface area contributed by atoms with Crippen LogP contribution in [-0.2, 0) is 16.5 Å². The Hall–Kier alpha value is -0.350. The van der Waals surface area contributed by atoms with Crippen molar-refractivity contribution in [1.29, 1.82) is 0 Å². The number of methoxy groups -OCH3 is 1. The van der Waals surface area contributed by atoms with Gasteiger partial charge in [0.1, 0.15) is 5.76 Å². The number of hydrogen-bond acceptors (Lipinski definition) is 3. The van der Waals surface area contributed by atoms with Crippen molar-refractivity contribution in [2.24, 2.45) is 0 Å². The molecule has 3 nitrogen and oxygen atoms in total. The lowest BCUT2D eigenvalue weighted by Crippen LogP contribution is -2.25. The maximum absolute atomic E-state index is 5.29. The first-order valence-electron chi connectivity index (χ1n) is 4.13.